The van der Waals surface area contributed by atoms with Gasteiger partial charge in [0, 0.05) is 0 Å². The number of halogens is 6. The molecule has 0 fully saturated rings. The Morgan fingerprint density at radius 3 is 1.83 bits per heavy atom. The molecule has 0 aliphatic heterocycles. The summed E-state index contributed by atoms with van der Waals surface area (Å²) in [5.41, 5.74) is -6.07. The summed E-state index contributed by atoms with van der Waals surface area (Å²) in [6.45, 7) is 1.27. The van der Waals surface area contributed by atoms with Gasteiger partial charge < -0.3 is 5.11 Å². The molecule has 8 heteroatoms. The van der Waals surface area contributed by atoms with Gasteiger partial charge in [0.1, 0.15) is 0 Å². The second kappa shape index (κ2) is 5.91. The molecule has 0 amide bonds. The standard InChI is InChI=1S/C10H7F6O.Rb/c1-6-3-2-4-7(5-6)8(17,9(11,12)13)10(14,15)16;/h2,4-5,17H,1H3;/q-1;+1. The number of aliphatic hydroxyl groups is 1. The van der Waals surface area contributed by atoms with Crippen molar-refractivity contribution in [1.82, 2.24) is 0 Å². The zero-order valence-electron chi connectivity index (χ0n) is 9.45. The molecule has 0 aliphatic rings. The number of hydrogen-bond acceptors (Lipinski definition) is 1. The van der Waals surface area contributed by atoms with E-state index in [4.69, 9.17) is 5.11 Å². The SMILES string of the molecule is Cc1[c-]ccc(C(O)(C(F)(F)F)C(F)(F)F)c1.[Rb+]. The fourth-order valence-electron chi connectivity index (χ4n) is 1.30. The Kier molecular flexibility index (Phi) is 6.09. The van der Waals surface area contributed by atoms with Crippen LogP contribution in [0.1, 0.15) is 11.1 Å². The summed E-state index contributed by atoms with van der Waals surface area (Å²) in [7, 11) is 0. The first-order valence-corrected chi connectivity index (χ1v) is 4.35. The third-order valence-electron chi connectivity index (χ3n) is 2.18. The van der Waals surface area contributed by atoms with Gasteiger partial charge in [-0.05, 0) is 0 Å². The Balaban J connectivity index is 0.00000289. The maximum absolute atomic E-state index is 12.4. The van der Waals surface area contributed by atoms with Crippen LogP contribution >= 0.6 is 0 Å². The molecule has 0 atom stereocenters. The molecule has 1 N–H and O–H groups in total. The summed E-state index contributed by atoms with van der Waals surface area (Å²) in [6.07, 6.45) is -11.7. The van der Waals surface area contributed by atoms with Crippen molar-refractivity contribution in [1.29, 1.82) is 0 Å². The van der Waals surface area contributed by atoms with Gasteiger partial charge in [-0.2, -0.15) is 56.2 Å². The van der Waals surface area contributed by atoms with Crippen molar-refractivity contribution in [3.63, 3.8) is 0 Å². The molecular weight excluding hydrogens is 336 g/mol. The van der Waals surface area contributed by atoms with E-state index in [1.54, 1.807) is 0 Å². The maximum Gasteiger partial charge on any atom is 1.00 e. The first kappa shape index (κ1) is 18.6. The van der Waals surface area contributed by atoms with Crippen molar-refractivity contribution in [2.75, 3.05) is 0 Å². The fourth-order valence-corrected chi connectivity index (χ4v) is 1.30. The predicted molar refractivity (Wildman–Crippen MR) is 46.0 cm³/mol. The monoisotopic (exact) mass is 342 g/mol. The third kappa shape index (κ3) is 3.36. The van der Waals surface area contributed by atoms with Crippen LogP contribution in [0.4, 0.5) is 26.3 Å². The summed E-state index contributed by atoms with van der Waals surface area (Å²) in [5, 5.41) is 9.02. The number of benzene rings is 1. The Bertz CT molecular complexity index is 398. The van der Waals surface area contributed by atoms with Gasteiger partial charge in [0.05, 0.1) is 0 Å². The molecule has 1 aromatic carbocycles. The van der Waals surface area contributed by atoms with Crippen molar-refractivity contribution in [3.8, 4) is 0 Å². The van der Waals surface area contributed by atoms with Gasteiger partial charge >= 0.3 is 70.5 Å². The van der Waals surface area contributed by atoms with Crippen LogP contribution in [0.15, 0.2) is 18.2 Å². The van der Waals surface area contributed by atoms with E-state index in [1.165, 1.54) is 6.92 Å². The van der Waals surface area contributed by atoms with Gasteiger partial charge in [0.15, 0.2) is 0 Å². The molecular formula is C10H7F6ORb. The fraction of sp³-hybridized carbons (Fsp3) is 0.400. The van der Waals surface area contributed by atoms with Crippen molar-refractivity contribution in [2.45, 2.75) is 24.9 Å². The molecule has 18 heavy (non-hydrogen) atoms. The Hall–Kier alpha value is 0.565. The van der Waals surface area contributed by atoms with Crippen molar-refractivity contribution in [3.05, 3.63) is 35.4 Å². The Labute approximate surface area is 148 Å². The van der Waals surface area contributed by atoms with Crippen molar-refractivity contribution >= 4 is 0 Å². The van der Waals surface area contributed by atoms with Gasteiger partial charge in [-0.1, -0.05) is 6.92 Å². The molecule has 0 saturated carbocycles. The van der Waals surface area contributed by atoms with E-state index >= 15 is 0 Å². The summed E-state index contributed by atoms with van der Waals surface area (Å²) < 4.78 is 74.6. The zero-order chi connectivity index (χ0) is 13.5. The van der Waals surface area contributed by atoms with E-state index in [1.807, 2.05) is 0 Å². The average molecular weight is 343 g/mol. The Morgan fingerprint density at radius 1 is 1.06 bits per heavy atom. The molecule has 0 saturated heterocycles. The molecule has 0 bridgehead atoms. The molecule has 0 aliphatic carbocycles. The predicted octanol–water partition coefficient (Wildman–Crippen LogP) is 0.111. The van der Waals surface area contributed by atoms with E-state index in [-0.39, 0.29) is 63.8 Å². The van der Waals surface area contributed by atoms with E-state index in [2.05, 4.69) is 6.07 Å². The first-order valence-electron chi connectivity index (χ1n) is 4.35. The Morgan fingerprint density at radius 2 is 1.50 bits per heavy atom. The molecule has 0 radical (unpaired) electrons. The maximum atomic E-state index is 12.4. The number of hydrogen-bond donors (Lipinski definition) is 1. The van der Waals surface area contributed by atoms with Gasteiger partial charge in [-0.15, -0.1) is 5.56 Å². The first-order chi connectivity index (χ1) is 7.50. The van der Waals surface area contributed by atoms with E-state index < -0.39 is 23.5 Å². The second-order valence-corrected chi connectivity index (χ2v) is 3.47. The van der Waals surface area contributed by atoms with Crippen LogP contribution in [-0.4, -0.2) is 17.5 Å². The minimum absolute atomic E-state index is 0. The van der Waals surface area contributed by atoms with E-state index in [9.17, 15) is 26.3 Å². The van der Waals surface area contributed by atoms with Gasteiger partial charge in [0.2, 0.25) is 0 Å². The van der Waals surface area contributed by atoms with Crippen LogP contribution in [0.5, 0.6) is 0 Å². The average Bonchev–Trinajstić information content (AvgIpc) is 2.12. The topological polar surface area (TPSA) is 20.2 Å². The van der Waals surface area contributed by atoms with E-state index in [0.29, 0.717) is 12.1 Å². The molecule has 1 nitrogen and oxygen atoms in total. The van der Waals surface area contributed by atoms with Crippen LogP contribution in [0.25, 0.3) is 0 Å². The summed E-state index contributed by atoms with van der Waals surface area (Å²) in [5.74, 6) is 0. The number of aryl methyl sites for hydroxylation is 1. The number of rotatable bonds is 1. The van der Waals surface area contributed by atoms with Crippen molar-refractivity contribution in [2.24, 2.45) is 0 Å². The molecule has 1 aromatic rings. The smallest absolute Gasteiger partial charge is 0.371 e. The minimum Gasteiger partial charge on any atom is -0.371 e. The summed E-state index contributed by atoms with van der Waals surface area (Å²) >= 11 is 0. The minimum atomic E-state index is -5.85. The van der Waals surface area contributed by atoms with Gasteiger partial charge in [0.25, 0.3) is 5.60 Å². The zero-order valence-corrected chi connectivity index (χ0v) is 14.4. The van der Waals surface area contributed by atoms with Crippen LogP contribution in [0.2, 0.25) is 0 Å². The van der Waals surface area contributed by atoms with Crippen molar-refractivity contribution < 1.29 is 89.6 Å². The quantitative estimate of drug-likeness (QED) is 0.567. The van der Waals surface area contributed by atoms with Crippen LogP contribution in [-0.2, 0) is 5.60 Å². The summed E-state index contributed by atoms with van der Waals surface area (Å²) in [4.78, 5) is 0. The van der Waals surface area contributed by atoms with E-state index in [0.717, 1.165) is 6.07 Å². The normalized spacial score (nSPS) is 13.1. The third-order valence-corrected chi connectivity index (χ3v) is 2.18. The van der Waals surface area contributed by atoms with Crippen LogP contribution in [0, 0.1) is 13.0 Å². The molecule has 0 unspecified atom stereocenters. The second-order valence-electron chi connectivity index (χ2n) is 3.47. The van der Waals surface area contributed by atoms with Crippen LogP contribution < -0.4 is 58.2 Å². The molecule has 1 rings (SSSR count). The number of alkyl halides is 6. The summed E-state index contributed by atoms with van der Waals surface area (Å²) in [6, 6.07) is 4.43. The largest absolute Gasteiger partial charge is 1.00 e. The van der Waals surface area contributed by atoms with Gasteiger partial charge in [-0.3, -0.25) is 0 Å². The molecule has 0 aromatic heterocycles. The van der Waals surface area contributed by atoms with Gasteiger partial charge in [-0.25, -0.2) is 0 Å². The molecule has 96 valence electrons. The van der Waals surface area contributed by atoms with Crippen LogP contribution in [0.3, 0.4) is 0 Å². The molecule has 0 spiro atoms. The molecule has 0 heterocycles.